The third-order valence-electron chi connectivity index (χ3n) is 10.1. The van der Waals surface area contributed by atoms with Crippen LogP contribution in [-0.2, 0) is 10.8 Å². The standard InChI is InChI=1S/C37H38F6S2/c1-19-25-27-28(36(40,41)37(42,43)35(27,38)39)26-20(2)30(22-13-17-24(18-14-22)32(6,7)8)45-34(26,10)33(25,9)44-29(19)21-11-15-23(16-12-21)31(3,4)5/h11-18H,1-10H3/t33-,34-/m1/s1. The number of alkyl halides is 6. The largest absolute Gasteiger partial charge is 0.380 e. The molecule has 6 rings (SSSR count). The first-order valence-corrected chi connectivity index (χ1v) is 16.7. The summed E-state index contributed by atoms with van der Waals surface area (Å²) >= 11 is 2.64. The molecule has 2 heterocycles. The van der Waals surface area contributed by atoms with Crippen LogP contribution in [0.3, 0.4) is 0 Å². The van der Waals surface area contributed by atoms with Crippen LogP contribution in [0.25, 0.3) is 9.81 Å². The molecule has 1 saturated carbocycles. The molecular formula is C37H38F6S2. The predicted octanol–water partition coefficient (Wildman–Crippen LogP) is 12.0. The van der Waals surface area contributed by atoms with Gasteiger partial charge in [0, 0.05) is 21.0 Å². The minimum absolute atomic E-state index is 0.102. The van der Waals surface area contributed by atoms with Gasteiger partial charge in [-0.15, -0.1) is 23.5 Å². The molecule has 8 heteroatoms. The van der Waals surface area contributed by atoms with Crippen LogP contribution in [0.5, 0.6) is 0 Å². The van der Waals surface area contributed by atoms with E-state index in [0.717, 1.165) is 22.3 Å². The van der Waals surface area contributed by atoms with Crippen molar-refractivity contribution in [1.82, 2.24) is 0 Å². The minimum atomic E-state index is -5.58. The molecule has 45 heavy (non-hydrogen) atoms. The number of thioether (sulfide) groups is 2. The van der Waals surface area contributed by atoms with Crippen molar-refractivity contribution in [3.63, 3.8) is 0 Å². The van der Waals surface area contributed by atoms with Gasteiger partial charge in [-0.2, -0.15) is 26.3 Å². The zero-order valence-electron chi connectivity index (χ0n) is 27.2. The van der Waals surface area contributed by atoms with Gasteiger partial charge in [0.1, 0.15) is 0 Å². The average molecular weight is 661 g/mol. The number of halogens is 6. The summed E-state index contributed by atoms with van der Waals surface area (Å²) in [4.78, 5) is 1.27. The van der Waals surface area contributed by atoms with E-state index in [-0.39, 0.29) is 22.0 Å². The SMILES string of the molecule is CC1=C(c2ccc(C(C)(C)C)cc2)S[C@]2(C)C1=C1C(=C3C(C)=C(c4ccc(C(C)(C)C)cc4)S[C@]32C)C(F)(F)C(F)(F)C1(F)F. The maximum atomic E-state index is 16.0. The second-order valence-electron chi connectivity index (χ2n) is 15.1. The van der Waals surface area contributed by atoms with Crippen LogP contribution in [0.1, 0.15) is 91.5 Å². The lowest BCUT2D eigenvalue weighted by Gasteiger charge is -2.48. The molecule has 1 fully saturated rings. The fourth-order valence-corrected chi connectivity index (χ4v) is 10.7. The quantitative estimate of drug-likeness (QED) is 0.294. The van der Waals surface area contributed by atoms with E-state index in [2.05, 4.69) is 41.5 Å². The molecule has 0 saturated heterocycles. The van der Waals surface area contributed by atoms with E-state index in [4.69, 9.17) is 0 Å². The third kappa shape index (κ3) is 4.09. The summed E-state index contributed by atoms with van der Waals surface area (Å²) in [5, 5.41) is 0. The summed E-state index contributed by atoms with van der Waals surface area (Å²) in [7, 11) is 0. The van der Waals surface area contributed by atoms with Crippen LogP contribution in [0.2, 0.25) is 0 Å². The van der Waals surface area contributed by atoms with Gasteiger partial charge < -0.3 is 0 Å². The van der Waals surface area contributed by atoms with Gasteiger partial charge in [0.15, 0.2) is 0 Å². The maximum Gasteiger partial charge on any atom is 0.380 e. The Morgan fingerprint density at radius 3 is 1.04 bits per heavy atom. The number of allylic oxidation sites excluding steroid dienone is 4. The highest BCUT2D eigenvalue weighted by molar-refractivity contribution is 8.14. The summed E-state index contributed by atoms with van der Waals surface area (Å²) in [6.07, 6.45) is 0. The van der Waals surface area contributed by atoms with E-state index in [1.54, 1.807) is 27.7 Å². The molecule has 2 aliphatic heterocycles. The molecule has 0 nitrogen and oxygen atoms in total. The highest BCUT2D eigenvalue weighted by atomic mass is 32.2. The van der Waals surface area contributed by atoms with Gasteiger partial charge in [0.25, 0.3) is 0 Å². The topological polar surface area (TPSA) is 0 Å². The Kier molecular flexibility index (Phi) is 6.81. The van der Waals surface area contributed by atoms with E-state index < -0.39 is 38.4 Å². The summed E-state index contributed by atoms with van der Waals surface area (Å²) in [5.41, 5.74) is 1.46. The zero-order chi connectivity index (χ0) is 33.5. The Hall–Kier alpha value is -2.32. The Labute approximate surface area is 270 Å². The second kappa shape index (κ2) is 9.40. The van der Waals surface area contributed by atoms with E-state index in [9.17, 15) is 0 Å². The molecule has 4 aliphatic rings. The van der Waals surface area contributed by atoms with Crippen molar-refractivity contribution in [2.24, 2.45) is 0 Å². The molecule has 240 valence electrons. The van der Waals surface area contributed by atoms with Gasteiger partial charge in [-0.05, 0) is 83.1 Å². The minimum Gasteiger partial charge on any atom is -0.194 e. The van der Waals surface area contributed by atoms with Crippen LogP contribution in [0.4, 0.5) is 26.3 Å². The molecule has 0 aromatic heterocycles. The molecule has 0 bridgehead atoms. The number of fused-ring (bicyclic) bond motifs is 4. The monoisotopic (exact) mass is 660 g/mol. The van der Waals surface area contributed by atoms with Gasteiger partial charge in [-0.25, -0.2) is 0 Å². The van der Waals surface area contributed by atoms with E-state index in [0.29, 0.717) is 21.0 Å². The first kappa shape index (κ1) is 32.6. The van der Waals surface area contributed by atoms with Gasteiger partial charge >= 0.3 is 17.8 Å². The highest BCUT2D eigenvalue weighted by Crippen LogP contribution is 2.77. The molecule has 0 spiro atoms. The fourth-order valence-electron chi connectivity index (χ4n) is 7.31. The summed E-state index contributed by atoms with van der Waals surface area (Å²) in [6, 6.07) is 15.5. The Morgan fingerprint density at radius 2 is 0.778 bits per heavy atom. The fraction of sp³-hybridized carbons (Fsp3) is 0.459. The van der Waals surface area contributed by atoms with Crippen molar-refractivity contribution in [1.29, 1.82) is 0 Å². The van der Waals surface area contributed by atoms with Crippen LogP contribution >= 0.6 is 23.5 Å². The first-order valence-electron chi connectivity index (χ1n) is 15.1. The van der Waals surface area contributed by atoms with Crippen LogP contribution in [0, 0.1) is 0 Å². The zero-order valence-corrected chi connectivity index (χ0v) is 28.8. The van der Waals surface area contributed by atoms with Crippen molar-refractivity contribution < 1.29 is 26.3 Å². The Bertz CT molecular complexity index is 1630. The van der Waals surface area contributed by atoms with E-state index in [1.165, 1.54) is 23.5 Å². The molecule has 2 aromatic rings. The smallest absolute Gasteiger partial charge is 0.194 e. The molecule has 2 atom stereocenters. The van der Waals surface area contributed by atoms with Crippen molar-refractivity contribution in [3.8, 4) is 0 Å². The van der Waals surface area contributed by atoms with Crippen molar-refractivity contribution in [3.05, 3.63) is 104 Å². The third-order valence-corrected chi connectivity index (χ3v) is 13.8. The lowest BCUT2D eigenvalue weighted by Crippen LogP contribution is -2.49. The Balaban J connectivity index is 1.62. The Morgan fingerprint density at radius 1 is 0.489 bits per heavy atom. The normalized spacial score (nSPS) is 28.6. The van der Waals surface area contributed by atoms with E-state index >= 15 is 26.3 Å². The van der Waals surface area contributed by atoms with Crippen molar-refractivity contribution in [2.75, 3.05) is 0 Å². The lowest BCUT2D eigenvalue weighted by molar-refractivity contribution is -0.258. The van der Waals surface area contributed by atoms with Gasteiger partial charge in [-0.3, -0.25) is 0 Å². The highest BCUT2D eigenvalue weighted by Gasteiger charge is 2.84. The summed E-state index contributed by atoms with van der Waals surface area (Å²) in [5.74, 6) is -15.7. The summed E-state index contributed by atoms with van der Waals surface area (Å²) < 4.78 is 92.1. The summed E-state index contributed by atoms with van der Waals surface area (Å²) in [6.45, 7) is 19.2. The number of rotatable bonds is 2. The van der Waals surface area contributed by atoms with Crippen LogP contribution < -0.4 is 0 Å². The van der Waals surface area contributed by atoms with Crippen molar-refractivity contribution >= 4 is 33.3 Å². The van der Waals surface area contributed by atoms with Gasteiger partial charge in [0.05, 0.1) is 9.49 Å². The maximum absolute atomic E-state index is 16.0. The molecule has 2 aliphatic carbocycles. The van der Waals surface area contributed by atoms with E-state index in [1.807, 2.05) is 48.5 Å². The van der Waals surface area contributed by atoms with Crippen LogP contribution in [0.15, 0.2) is 82.0 Å². The molecule has 0 unspecified atom stereocenters. The average Bonchev–Trinajstić information content (AvgIpc) is 3.40. The van der Waals surface area contributed by atoms with Gasteiger partial charge in [0.2, 0.25) is 0 Å². The number of benzene rings is 2. The lowest BCUT2D eigenvalue weighted by atomic mass is 9.68. The molecular weight excluding hydrogens is 623 g/mol. The second-order valence-corrected chi connectivity index (χ2v) is 17.9. The molecule has 2 aromatic carbocycles. The molecule has 0 radical (unpaired) electrons. The predicted molar refractivity (Wildman–Crippen MR) is 176 cm³/mol. The number of hydrogen-bond donors (Lipinski definition) is 0. The van der Waals surface area contributed by atoms with Crippen molar-refractivity contribution in [2.45, 2.75) is 107 Å². The first-order chi connectivity index (χ1) is 20.4. The molecule has 0 amide bonds. The molecule has 0 N–H and O–H groups in total. The van der Waals surface area contributed by atoms with Gasteiger partial charge in [-0.1, -0.05) is 90.1 Å². The van der Waals surface area contributed by atoms with Crippen LogP contribution in [-0.4, -0.2) is 27.3 Å². The number of hydrogen-bond acceptors (Lipinski definition) is 2.